The summed E-state index contributed by atoms with van der Waals surface area (Å²) in [4.78, 5) is 16.1. The first-order valence-corrected chi connectivity index (χ1v) is 6.67. The van der Waals surface area contributed by atoms with E-state index in [0.29, 0.717) is 17.1 Å². The predicted molar refractivity (Wildman–Crippen MR) is 82.8 cm³/mol. The lowest BCUT2D eigenvalue weighted by molar-refractivity contribution is 0.102. The summed E-state index contributed by atoms with van der Waals surface area (Å²) >= 11 is 0. The van der Waals surface area contributed by atoms with Crippen LogP contribution in [0, 0.1) is 0 Å². The Morgan fingerprint density at radius 1 is 1.18 bits per heavy atom. The molecule has 3 aromatic rings. The molecule has 1 amide bonds. The molecule has 6 nitrogen and oxygen atoms in total. The number of nitrogens with zero attached hydrogens (tertiary/aromatic N) is 2. The zero-order valence-corrected chi connectivity index (χ0v) is 11.9. The zero-order valence-electron chi connectivity index (χ0n) is 11.9. The Morgan fingerprint density at radius 3 is 2.77 bits per heavy atom. The Hall–Kier alpha value is -3.15. The maximum Gasteiger partial charge on any atom is 0.273 e. The SMILES string of the molecule is COc1cccc(-c2cc(C(=O)Nc3ccncc3)[nH]n2)c1. The second-order valence-corrected chi connectivity index (χ2v) is 4.59. The number of hydrogen-bond acceptors (Lipinski definition) is 4. The molecule has 0 saturated carbocycles. The van der Waals surface area contributed by atoms with Crippen molar-refractivity contribution in [1.29, 1.82) is 0 Å². The molecule has 0 saturated heterocycles. The van der Waals surface area contributed by atoms with E-state index in [0.717, 1.165) is 11.3 Å². The summed E-state index contributed by atoms with van der Waals surface area (Å²) in [6, 6.07) is 12.6. The highest BCUT2D eigenvalue weighted by atomic mass is 16.5. The maximum absolute atomic E-state index is 12.2. The first-order chi connectivity index (χ1) is 10.8. The lowest BCUT2D eigenvalue weighted by atomic mass is 10.1. The number of carbonyl (C=O) groups excluding carboxylic acids is 1. The van der Waals surface area contributed by atoms with Crippen molar-refractivity contribution in [3.8, 4) is 17.0 Å². The Labute approximate surface area is 127 Å². The van der Waals surface area contributed by atoms with Gasteiger partial charge < -0.3 is 10.1 Å². The fourth-order valence-corrected chi connectivity index (χ4v) is 2.00. The highest BCUT2D eigenvalue weighted by Crippen LogP contribution is 2.22. The molecule has 1 aromatic carbocycles. The third-order valence-electron chi connectivity index (χ3n) is 3.13. The average molecular weight is 294 g/mol. The Bertz CT molecular complexity index is 784. The van der Waals surface area contributed by atoms with Gasteiger partial charge in [0.05, 0.1) is 12.8 Å². The molecule has 0 atom stereocenters. The van der Waals surface area contributed by atoms with Gasteiger partial charge in [0.1, 0.15) is 11.4 Å². The first kappa shape index (κ1) is 13.8. The lowest BCUT2D eigenvalue weighted by Crippen LogP contribution is -2.12. The van der Waals surface area contributed by atoms with E-state index in [1.807, 2.05) is 24.3 Å². The normalized spacial score (nSPS) is 10.2. The number of H-pyrrole nitrogens is 1. The van der Waals surface area contributed by atoms with Crippen molar-refractivity contribution in [1.82, 2.24) is 15.2 Å². The molecule has 0 aliphatic rings. The van der Waals surface area contributed by atoms with Crippen molar-refractivity contribution in [2.24, 2.45) is 0 Å². The monoisotopic (exact) mass is 294 g/mol. The lowest BCUT2D eigenvalue weighted by Gasteiger charge is -2.02. The molecule has 0 aliphatic carbocycles. The molecule has 0 spiro atoms. The molecule has 2 heterocycles. The molecular formula is C16H14N4O2. The second kappa shape index (κ2) is 6.09. The fourth-order valence-electron chi connectivity index (χ4n) is 2.00. The third kappa shape index (κ3) is 2.95. The van der Waals surface area contributed by atoms with Crippen LogP contribution in [-0.4, -0.2) is 28.2 Å². The molecule has 2 N–H and O–H groups in total. The van der Waals surface area contributed by atoms with Crippen LogP contribution < -0.4 is 10.1 Å². The molecule has 0 aliphatic heterocycles. The highest BCUT2D eigenvalue weighted by molar-refractivity contribution is 6.03. The minimum absolute atomic E-state index is 0.257. The predicted octanol–water partition coefficient (Wildman–Crippen LogP) is 2.73. The number of ether oxygens (including phenoxy) is 1. The number of carbonyl (C=O) groups is 1. The van der Waals surface area contributed by atoms with Crippen LogP contribution in [0.2, 0.25) is 0 Å². The van der Waals surface area contributed by atoms with E-state index >= 15 is 0 Å². The van der Waals surface area contributed by atoms with Gasteiger partial charge in [-0.15, -0.1) is 0 Å². The molecule has 0 unspecified atom stereocenters. The van der Waals surface area contributed by atoms with Gasteiger partial charge in [0.2, 0.25) is 0 Å². The van der Waals surface area contributed by atoms with Gasteiger partial charge in [-0.1, -0.05) is 12.1 Å². The fraction of sp³-hybridized carbons (Fsp3) is 0.0625. The summed E-state index contributed by atoms with van der Waals surface area (Å²) < 4.78 is 5.19. The van der Waals surface area contributed by atoms with Gasteiger partial charge in [0.25, 0.3) is 5.91 Å². The van der Waals surface area contributed by atoms with E-state index < -0.39 is 0 Å². The van der Waals surface area contributed by atoms with Gasteiger partial charge >= 0.3 is 0 Å². The highest BCUT2D eigenvalue weighted by Gasteiger charge is 2.11. The smallest absolute Gasteiger partial charge is 0.273 e. The molecule has 6 heteroatoms. The topological polar surface area (TPSA) is 79.9 Å². The number of methoxy groups -OCH3 is 1. The molecule has 3 rings (SSSR count). The van der Waals surface area contributed by atoms with Crippen LogP contribution >= 0.6 is 0 Å². The van der Waals surface area contributed by atoms with Crippen molar-refractivity contribution >= 4 is 11.6 Å². The standard InChI is InChI=1S/C16H14N4O2/c1-22-13-4-2-3-11(9-13)14-10-15(20-19-14)16(21)18-12-5-7-17-8-6-12/h2-10H,1H3,(H,19,20)(H,17,18,21). The van der Waals surface area contributed by atoms with Crippen LogP contribution in [0.25, 0.3) is 11.3 Å². The number of rotatable bonds is 4. The Morgan fingerprint density at radius 2 is 2.00 bits per heavy atom. The molecule has 2 aromatic heterocycles. The second-order valence-electron chi connectivity index (χ2n) is 4.59. The number of nitrogens with one attached hydrogen (secondary N) is 2. The Balaban J connectivity index is 1.79. The van der Waals surface area contributed by atoms with Crippen LogP contribution in [0.1, 0.15) is 10.5 Å². The van der Waals surface area contributed by atoms with Gasteiger partial charge in [0, 0.05) is 23.6 Å². The van der Waals surface area contributed by atoms with E-state index in [4.69, 9.17) is 4.74 Å². The van der Waals surface area contributed by atoms with Crippen molar-refractivity contribution in [2.45, 2.75) is 0 Å². The summed E-state index contributed by atoms with van der Waals surface area (Å²) in [5, 5.41) is 9.68. The number of aromatic amines is 1. The van der Waals surface area contributed by atoms with Crippen LogP contribution in [0.3, 0.4) is 0 Å². The Kier molecular flexibility index (Phi) is 3.82. The third-order valence-corrected chi connectivity index (χ3v) is 3.13. The van der Waals surface area contributed by atoms with E-state index in [1.54, 1.807) is 37.7 Å². The van der Waals surface area contributed by atoms with E-state index in [2.05, 4.69) is 20.5 Å². The summed E-state index contributed by atoms with van der Waals surface area (Å²) in [5.41, 5.74) is 2.62. The van der Waals surface area contributed by atoms with E-state index in [9.17, 15) is 4.79 Å². The van der Waals surface area contributed by atoms with Gasteiger partial charge in [-0.05, 0) is 30.3 Å². The van der Waals surface area contributed by atoms with Gasteiger partial charge in [-0.2, -0.15) is 5.10 Å². The van der Waals surface area contributed by atoms with Gasteiger partial charge in [-0.3, -0.25) is 14.9 Å². The number of pyridine rings is 1. The number of aromatic nitrogens is 3. The van der Waals surface area contributed by atoms with Crippen LogP contribution in [0.5, 0.6) is 5.75 Å². The van der Waals surface area contributed by atoms with Crippen molar-refractivity contribution in [3.05, 3.63) is 60.6 Å². The average Bonchev–Trinajstić information content (AvgIpc) is 3.06. The van der Waals surface area contributed by atoms with Crippen molar-refractivity contribution in [2.75, 3.05) is 12.4 Å². The van der Waals surface area contributed by atoms with Crippen molar-refractivity contribution in [3.63, 3.8) is 0 Å². The van der Waals surface area contributed by atoms with E-state index in [-0.39, 0.29) is 5.91 Å². The molecule has 0 bridgehead atoms. The summed E-state index contributed by atoms with van der Waals surface area (Å²) in [6.45, 7) is 0. The van der Waals surface area contributed by atoms with Gasteiger partial charge in [0.15, 0.2) is 0 Å². The minimum atomic E-state index is -0.257. The van der Waals surface area contributed by atoms with Crippen LogP contribution in [-0.2, 0) is 0 Å². The molecule has 0 radical (unpaired) electrons. The molecule has 0 fully saturated rings. The molecule has 22 heavy (non-hydrogen) atoms. The quantitative estimate of drug-likeness (QED) is 0.775. The molecule has 110 valence electrons. The zero-order chi connectivity index (χ0) is 15.4. The minimum Gasteiger partial charge on any atom is -0.497 e. The van der Waals surface area contributed by atoms with Crippen molar-refractivity contribution < 1.29 is 9.53 Å². The molecular weight excluding hydrogens is 280 g/mol. The summed E-state index contributed by atoms with van der Waals surface area (Å²) in [7, 11) is 1.61. The van der Waals surface area contributed by atoms with Crippen LogP contribution in [0.15, 0.2) is 54.9 Å². The number of hydrogen-bond donors (Lipinski definition) is 2. The van der Waals surface area contributed by atoms with Gasteiger partial charge in [-0.25, -0.2) is 0 Å². The van der Waals surface area contributed by atoms with E-state index in [1.165, 1.54) is 0 Å². The summed E-state index contributed by atoms with van der Waals surface area (Å²) in [5.74, 6) is 0.483. The maximum atomic E-state index is 12.2. The first-order valence-electron chi connectivity index (χ1n) is 6.67. The number of anilines is 1. The van der Waals surface area contributed by atoms with Crippen LogP contribution in [0.4, 0.5) is 5.69 Å². The largest absolute Gasteiger partial charge is 0.497 e. The number of amides is 1. The summed E-state index contributed by atoms with van der Waals surface area (Å²) in [6.07, 6.45) is 3.23. The number of benzene rings is 1.